The summed E-state index contributed by atoms with van der Waals surface area (Å²) >= 11 is 3.39. The number of fused-ring (bicyclic) bond motifs is 1. The number of piperazine rings is 1. The summed E-state index contributed by atoms with van der Waals surface area (Å²) < 4.78 is 6.96. The monoisotopic (exact) mass is 418 g/mol. The zero-order valence-corrected chi connectivity index (χ0v) is 17.9. The highest BCUT2D eigenvalue weighted by molar-refractivity contribution is 7.18. The standard InChI is InChI=1S/C20H26N4O2S2/c1-14-21-16(13-27-14)10-23-5-7-24(8-6-23)11-17(25)12-26-18-3-4-20-19(9-18)22-15(2)28-20/h3-4,9,13,17,25H,5-8,10-12H2,1-2H3/t17-/m1/s1. The van der Waals surface area contributed by atoms with Gasteiger partial charge in [0.2, 0.25) is 0 Å². The Hall–Kier alpha value is -1.58. The Morgan fingerprint density at radius 3 is 2.64 bits per heavy atom. The molecule has 1 atom stereocenters. The Balaban J connectivity index is 1.20. The normalized spacial score (nSPS) is 17.2. The Morgan fingerprint density at radius 2 is 1.89 bits per heavy atom. The molecule has 1 N–H and O–H groups in total. The first-order chi connectivity index (χ1) is 13.5. The fourth-order valence-corrected chi connectivity index (χ4v) is 4.91. The van der Waals surface area contributed by atoms with Crippen LogP contribution in [0.5, 0.6) is 5.75 Å². The van der Waals surface area contributed by atoms with E-state index in [1.54, 1.807) is 22.7 Å². The highest BCUT2D eigenvalue weighted by Gasteiger charge is 2.20. The number of hydrogen-bond acceptors (Lipinski definition) is 8. The first kappa shape index (κ1) is 19.7. The molecule has 0 bridgehead atoms. The van der Waals surface area contributed by atoms with Gasteiger partial charge in [0.1, 0.15) is 18.5 Å². The molecule has 1 aliphatic rings. The van der Waals surface area contributed by atoms with Crippen LogP contribution in [0, 0.1) is 13.8 Å². The van der Waals surface area contributed by atoms with Crippen LogP contribution in [0.25, 0.3) is 10.2 Å². The van der Waals surface area contributed by atoms with E-state index in [9.17, 15) is 5.11 Å². The summed E-state index contributed by atoms with van der Waals surface area (Å²) in [6, 6.07) is 5.93. The van der Waals surface area contributed by atoms with E-state index in [0.717, 1.165) is 64.4 Å². The van der Waals surface area contributed by atoms with Gasteiger partial charge < -0.3 is 9.84 Å². The van der Waals surface area contributed by atoms with Gasteiger partial charge in [0.25, 0.3) is 0 Å². The summed E-state index contributed by atoms with van der Waals surface area (Å²) in [6.07, 6.45) is -0.499. The van der Waals surface area contributed by atoms with Crippen LogP contribution in [0.1, 0.15) is 15.7 Å². The molecule has 1 aliphatic heterocycles. The van der Waals surface area contributed by atoms with E-state index in [1.165, 1.54) is 0 Å². The van der Waals surface area contributed by atoms with Crippen molar-refractivity contribution in [1.29, 1.82) is 0 Å². The molecular formula is C20H26N4O2S2. The smallest absolute Gasteiger partial charge is 0.121 e. The van der Waals surface area contributed by atoms with Crippen molar-refractivity contribution in [3.8, 4) is 5.75 Å². The zero-order valence-electron chi connectivity index (χ0n) is 16.3. The topological polar surface area (TPSA) is 61.7 Å². The van der Waals surface area contributed by atoms with Gasteiger partial charge in [-0.1, -0.05) is 0 Å². The van der Waals surface area contributed by atoms with Crippen LogP contribution in [-0.4, -0.2) is 70.3 Å². The van der Waals surface area contributed by atoms with Crippen LogP contribution in [0.4, 0.5) is 0 Å². The Bertz CT molecular complexity index is 918. The van der Waals surface area contributed by atoms with E-state index in [4.69, 9.17) is 4.74 Å². The number of ether oxygens (including phenoxy) is 1. The quantitative estimate of drug-likeness (QED) is 0.637. The van der Waals surface area contributed by atoms with E-state index >= 15 is 0 Å². The van der Waals surface area contributed by atoms with Crippen molar-refractivity contribution in [2.45, 2.75) is 26.5 Å². The molecule has 1 saturated heterocycles. The van der Waals surface area contributed by atoms with E-state index in [-0.39, 0.29) is 0 Å². The maximum absolute atomic E-state index is 10.4. The van der Waals surface area contributed by atoms with E-state index < -0.39 is 6.10 Å². The average molecular weight is 419 g/mol. The van der Waals surface area contributed by atoms with Gasteiger partial charge in [-0.15, -0.1) is 22.7 Å². The molecule has 0 unspecified atom stereocenters. The molecule has 28 heavy (non-hydrogen) atoms. The van der Waals surface area contributed by atoms with Crippen molar-refractivity contribution in [2.75, 3.05) is 39.3 Å². The average Bonchev–Trinajstić information content (AvgIpc) is 3.25. The van der Waals surface area contributed by atoms with Gasteiger partial charge in [-0.2, -0.15) is 0 Å². The largest absolute Gasteiger partial charge is 0.491 e. The molecule has 2 aromatic heterocycles. The van der Waals surface area contributed by atoms with Crippen molar-refractivity contribution in [1.82, 2.24) is 19.8 Å². The fourth-order valence-electron chi connectivity index (χ4n) is 3.50. The van der Waals surface area contributed by atoms with Crippen molar-refractivity contribution in [2.24, 2.45) is 0 Å². The maximum atomic E-state index is 10.4. The Labute approximate surface area is 173 Å². The Kier molecular flexibility index (Phi) is 6.22. The third-order valence-corrected chi connectivity index (χ3v) is 6.67. The number of hydrogen-bond donors (Lipinski definition) is 1. The third-order valence-electron chi connectivity index (χ3n) is 4.89. The van der Waals surface area contributed by atoms with E-state index in [2.05, 4.69) is 25.1 Å². The van der Waals surface area contributed by atoms with Gasteiger partial charge in [0.15, 0.2) is 0 Å². The minimum absolute atomic E-state index is 0.299. The number of nitrogens with zero attached hydrogens (tertiary/aromatic N) is 4. The molecular weight excluding hydrogens is 392 g/mol. The third kappa shape index (κ3) is 5.07. The lowest BCUT2D eigenvalue weighted by Gasteiger charge is -2.35. The lowest BCUT2D eigenvalue weighted by atomic mass is 10.2. The molecule has 1 fully saturated rings. The number of aliphatic hydroxyl groups excluding tert-OH is 1. The first-order valence-electron chi connectivity index (χ1n) is 9.59. The highest BCUT2D eigenvalue weighted by atomic mass is 32.1. The molecule has 3 heterocycles. The second kappa shape index (κ2) is 8.84. The summed E-state index contributed by atoms with van der Waals surface area (Å²) in [5.41, 5.74) is 2.12. The fraction of sp³-hybridized carbons (Fsp3) is 0.500. The lowest BCUT2D eigenvalue weighted by Crippen LogP contribution is -2.48. The molecule has 3 aromatic rings. The molecule has 0 radical (unpaired) electrons. The van der Waals surface area contributed by atoms with Crippen LogP contribution < -0.4 is 4.74 Å². The van der Waals surface area contributed by atoms with Gasteiger partial charge in [0, 0.05) is 50.7 Å². The zero-order chi connectivity index (χ0) is 19.5. The van der Waals surface area contributed by atoms with Crippen molar-refractivity contribution in [3.63, 3.8) is 0 Å². The van der Waals surface area contributed by atoms with Crippen LogP contribution >= 0.6 is 22.7 Å². The second-order valence-electron chi connectivity index (χ2n) is 7.26. The highest BCUT2D eigenvalue weighted by Crippen LogP contribution is 2.25. The number of β-amino-alcohol motifs (C(OH)–C–C–N with tert-alkyl or cyclic N) is 1. The summed E-state index contributed by atoms with van der Waals surface area (Å²) in [5, 5.41) is 14.7. The molecule has 0 spiro atoms. The number of aromatic nitrogens is 2. The van der Waals surface area contributed by atoms with Gasteiger partial charge in [-0.05, 0) is 26.0 Å². The maximum Gasteiger partial charge on any atom is 0.121 e. The minimum Gasteiger partial charge on any atom is -0.491 e. The molecule has 150 valence electrons. The van der Waals surface area contributed by atoms with Gasteiger partial charge in [0.05, 0.1) is 25.9 Å². The molecule has 1 aromatic carbocycles. The summed E-state index contributed by atoms with van der Waals surface area (Å²) in [5.74, 6) is 0.764. The summed E-state index contributed by atoms with van der Waals surface area (Å²) in [6.45, 7) is 9.84. The predicted octanol–water partition coefficient (Wildman–Crippen LogP) is 2.93. The van der Waals surface area contributed by atoms with Crippen LogP contribution in [-0.2, 0) is 6.54 Å². The Morgan fingerprint density at radius 1 is 1.11 bits per heavy atom. The summed E-state index contributed by atoms with van der Waals surface area (Å²) in [7, 11) is 0. The SMILES string of the molecule is Cc1nc(CN2CCN(C[C@@H](O)COc3ccc4sc(C)nc4c3)CC2)cs1. The first-order valence-corrected chi connectivity index (χ1v) is 11.3. The number of thiazole rings is 2. The lowest BCUT2D eigenvalue weighted by molar-refractivity contribution is 0.0444. The summed E-state index contributed by atoms with van der Waals surface area (Å²) in [4.78, 5) is 13.8. The van der Waals surface area contributed by atoms with Crippen LogP contribution in [0.15, 0.2) is 23.6 Å². The minimum atomic E-state index is -0.499. The van der Waals surface area contributed by atoms with Crippen molar-refractivity contribution >= 4 is 32.9 Å². The number of aryl methyl sites for hydroxylation is 2. The van der Waals surface area contributed by atoms with Crippen LogP contribution in [0.3, 0.4) is 0 Å². The molecule has 6 nitrogen and oxygen atoms in total. The molecule has 0 saturated carbocycles. The van der Waals surface area contributed by atoms with Crippen molar-refractivity contribution in [3.05, 3.63) is 39.3 Å². The van der Waals surface area contributed by atoms with Crippen LogP contribution in [0.2, 0.25) is 0 Å². The number of aliphatic hydroxyl groups is 1. The van der Waals surface area contributed by atoms with Crippen molar-refractivity contribution < 1.29 is 9.84 Å². The van der Waals surface area contributed by atoms with E-state index in [0.29, 0.717) is 13.2 Å². The van der Waals surface area contributed by atoms with Gasteiger partial charge in [-0.3, -0.25) is 9.80 Å². The molecule has 4 rings (SSSR count). The van der Waals surface area contributed by atoms with E-state index in [1.807, 2.05) is 32.0 Å². The second-order valence-corrected chi connectivity index (χ2v) is 9.56. The number of rotatable bonds is 7. The molecule has 0 amide bonds. The van der Waals surface area contributed by atoms with Gasteiger partial charge in [-0.25, -0.2) is 9.97 Å². The van der Waals surface area contributed by atoms with Gasteiger partial charge >= 0.3 is 0 Å². The molecule has 0 aliphatic carbocycles. The molecule has 8 heteroatoms. The number of benzene rings is 1. The predicted molar refractivity (Wildman–Crippen MR) is 114 cm³/mol.